The third-order valence-corrected chi connectivity index (χ3v) is 12.2. The van der Waals surface area contributed by atoms with E-state index in [4.69, 9.17) is 4.74 Å². The number of hydrogen-bond acceptors (Lipinski definition) is 7. The topological polar surface area (TPSA) is 140 Å². The number of rotatable bonds is 11. The van der Waals surface area contributed by atoms with Gasteiger partial charge in [0.15, 0.2) is 0 Å². The van der Waals surface area contributed by atoms with Crippen LogP contribution in [0.4, 0.5) is 4.79 Å². The van der Waals surface area contributed by atoms with Gasteiger partial charge in [0.05, 0.1) is 25.0 Å². The fraction of sp³-hybridized carbons (Fsp3) is 0.340. The third-order valence-electron chi connectivity index (χ3n) is 12.2. The van der Waals surface area contributed by atoms with Crippen molar-refractivity contribution in [3.05, 3.63) is 149 Å². The van der Waals surface area contributed by atoms with Crippen LogP contribution < -0.4 is 10.6 Å². The van der Waals surface area contributed by atoms with E-state index in [-0.39, 0.29) is 35.8 Å². The smallest absolute Gasteiger partial charge is 0.407 e. The lowest BCUT2D eigenvalue weighted by Crippen LogP contribution is -2.49. The molecule has 1 aromatic heterocycles. The molecule has 4 amide bonds. The Labute approximate surface area is 363 Å². The van der Waals surface area contributed by atoms with E-state index in [9.17, 15) is 19.2 Å². The van der Waals surface area contributed by atoms with Gasteiger partial charge in [0.25, 0.3) is 11.8 Å². The van der Waals surface area contributed by atoms with Crippen LogP contribution in [0, 0.1) is 11.8 Å². The summed E-state index contributed by atoms with van der Waals surface area (Å²) in [6.07, 6.45) is 7.86. The first-order valence-corrected chi connectivity index (χ1v) is 21.7. The van der Waals surface area contributed by atoms with Crippen LogP contribution in [0.3, 0.4) is 0 Å². The molecule has 62 heavy (non-hydrogen) atoms. The highest BCUT2D eigenvalue weighted by Gasteiger charge is 2.38. The first kappa shape index (κ1) is 42.0. The van der Waals surface area contributed by atoms with Crippen molar-refractivity contribution in [2.45, 2.75) is 69.1 Å². The van der Waals surface area contributed by atoms with Crippen molar-refractivity contribution in [3.8, 4) is 23.1 Å². The molecule has 4 atom stereocenters. The highest BCUT2D eigenvalue weighted by Crippen LogP contribution is 2.34. The van der Waals surface area contributed by atoms with Crippen LogP contribution in [0.2, 0.25) is 0 Å². The van der Waals surface area contributed by atoms with Crippen LogP contribution in [-0.2, 0) is 14.3 Å². The molecule has 318 valence electrons. The molecule has 3 fully saturated rings. The summed E-state index contributed by atoms with van der Waals surface area (Å²) in [5.41, 5.74) is 5.62. The number of alkyl carbamates (subject to hydrolysis) is 1. The Bertz CT molecular complexity index is 2390. The molecule has 4 heterocycles. The first-order chi connectivity index (χ1) is 30.4. The van der Waals surface area contributed by atoms with Crippen molar-refractivity contribution in [2.75, 3.05) is 39.8 Å². The summed E-state index contributed by atoms with van der Waals surface area (Å²) in [6.45, 7) is 3.51. The summed E-state index contributed by atoms with van der Waals surface area (Å²) in [7, 11) is 1.28. The predicted octanol–water partition coefficient (Wildman–Crippen LogP) is 7.19. The van der Waals surface area contributed by atoms with Crippen molar-refractivity contribution < 1.29 is 23.9 Å². The monoisotopic (exact) mass is 831 g/mol. The van der Waals surface area contributed by atoms with Crippen molar-refractivity contribution in [2.24, 2.45) is 0 Å². The molecular weight excluding hydrogens is 779 g/mol. The molecule has 12 nitrogen and oxygen atoms in total. The van der Waals surface area contributed by atoms with E-state index >= 15 is 0 Å². The maximum atomic E-state index is 14.1. The molecule has 3 aliphatic rings. The number of nitrogens with zero attached hydrogens (tertiary/aromatic N) is 4. The highest BCUT2D eigenvalue weighted by atomic mass is 16.5. The van der Waals surface area contributed by atoms with Crippen LogP contribution in [0.5, 0.6) is 0 Å². The quantitative estimate of drug-likeness (QED) is 0.120. The van der Waals surface area contributed by atoms with Gasteiger partial charge in [-0.1, -0.05) is 91.1 Å². The summed E-state index contributed by atoms with van der Waals surface area (Å²) >= 11 is 0. The number of H-pyrrole nitrogens is 1. The molecule has 3 saturated heterocycles. The van der Waals surface area contributed by atoms with E-state index in [1.165, 1.54) is 13.5 Å². The molecule has 0 saturated carbocycles. The van der Waals surface area contributed by atoms with Crippen molar-refractivity contribution >= 4 is 23.8 Å². The van der Waals surface area contributed by atoms with Gasteiger partial charge in [0.2, 0.25) is 5.91 Å². The minimum absolute atomic E-state index is 0.0425. The molecule has 12 heteroatoms. The van der Waals surface area contributed by atoms with Gasteiger partial charge in [-0.25, -0.2) is 9.78 Å². The van der Waals surface area contributed by atoms with Crippen LogP contribution in [0.1, 0.15) is 102 Å². The Morgan fingerprint density at radius 1 is 0.726 bits per heavy atom. The standard InChI is InChI=1S/C50H53N7O5/c1-62-50(61)54-44(38-13-5-2-6-14-38)48(59)57-32-12-18-43(57)46-51-34-42(53-46)37-25-21-35(22-26-37)19-20-36-23-27-40(28-24-36)47(58)52-33-41-17-11-31-56(41)49(60)45(39-15-7-3-8-16-39)55-29-9-4-10-30-55/h2-3,5-8,13-16,21-28,34,41,43-45H,4,9-12,17-18,29-33H2,1H3,(H,51,53)(H,52,58)(H,54,61)/t41-,43-,44+,45+/m0/s1. The number of nitrogens with one attached hydrogen (secondary N) is 3. The number of aromatic nitrogens is 2. The highest BCUT2D eigenvalue weighted by molar-refractivity contribution is 5.94. The fourth-order valence-corrected chi connectivity index (χ4v) is 8.95. The first-order valence-electron chi connectivity index (χ1n) is 21.7. The molecule has 0 radical (unpaired) electrons. The van der Waals surface area contributed by atoms with E-state index < -0.39 is 12.1 Å². The largest absolute Gasteiger partial charge is 0.453 e. The second-order valence-electron chi connectivity index (χ2n) is 16.2. The number of ether oxygens (including phenoxy) is 1. The second-order valence-corrected chi connectivity index (χ2v) is 16.2. The second kappa shape index (κ2) is 19.8. The van der Waals surface area contributed by atoms with Gasteiger partial charge in [-0.2, -0.15) is 0 Å². The van der Waals surface area contributed by atoms with Gasteiger partial charge >= 0.3 is 6.09 Å². The lowest BCUT2D eigenvalue weighted by atomic mass is 10.00. The van der Waals surface area contributed by atoms with Gasteiger partial charge < -0.3 is 30.2 Å². The van der Waals surface area contributed by atoms with Gasteiger partial charge in [-0.3, -0.25) is 19.3 Å². The maximum absolute atomic E-state index is 14.1. The van der Waals surface area contributed by atoms with Crippen molar-refractivity contribution in [3.63, 3.8) is 0 Å². The minimum Gasteiger partial charge on any atom is -0.453 e. The lowest BCUT2D eigenvalue weighted by Gasteiger charge is -2.37. The van der Waals surface area contributed by atoms with E-state index in [1.807, 2.05) is 89.8 Å². The van der Waals surface area contributed by atoms with Crippen LogP contribution in [-0.4, -0.2) is 94.4 Å². The van der Waals surface area contributed by atoms with Gasteiger partial charge in [0.1, 0.15) is 17.9 Å². The van der Waals surface area contributed by atoms with Crippen LogP contribution >= 0.6 is 0 Å². The number of amides is 4. The molecule has 4 aromatic carbocycles. The number of carbonyl (C=O) groups excluding carboxylic acids is 4. The SMILES string of the molecule is COC(=O)N[C@@H](C(=O)N1CCC[C@H]1c1ncc(-c2ccc(C#Cc3ccc(C(=O)NC[C@@H]4CCCN4C(=O)[C@@H](c4ccccc4)N4CCCCC4)cc3)cc2)[nH]1)c1ccccc1. The Morgan fingerprint density at radius 2 is 1.35 bits per heavy atom. The minimum atomic E-state index is -0.884. The number of piperidine rings is 1. The zero-order valence-corrected chi connectivity index (χ0v) is 35.1. The number of carbonyl (C=O) groups is 4. The normalized spacial score (nSPS) is 18.6. The van der Waals surface area contributed by atoms with E-state index in [1.54, 1.807) is 23.2 Å². The number of likely N-dealkylation sites (tertiary alicyclic amines) is 3. The third kappa shape index (κ3) is 9.74. The Morgan fingerprint density at radius 3 is 2.03 bits per heavy atom. The van der Waals surface area contributed by atoms with Crippen LogP contribution in [0.15, 0.2) is 115 Å². The zero-order valence-electron chi connectivity index (χ0n) is 35.1. The van der Waals surface area contributed by atoms with Gasteiger partial charge in [-0.15, -0.1) is 0 Å². The summed E-state index contributed by atoms with van der Waals surface area (Å²) in [5, 5.41) is 5.80. The van der Waals surface area contributed by atoms with Gasteiger partial charge in [-0.05, 0) is 105 Å². The summed E-state index contributed by atoms with van der Waals surface area (Å²) < 4.78 is 4.82. The summed E-state index contributed by atoms with van der Waals surface area (Å²) in [4.78, 5) is 67.7. The molecular formula is C50H53N7O5. The van der Waals surface area contributed by atoms with Gasteiger partial charge in [0, 0.05) is 42.4 Å². The molecule has 0 bridgehead atoms. The average molecular weight is 832 g/mol. The summed E-state index contributed by atoms with van der Waals surface area (Å²) in [5.74, 6) is 6.86. The number of imidazole rings is 1. The van der Waals surface area contributed by atoms with Crippen molar-refractivity contribution in [1.82, 2.24) is 35.3 Å². The maximum Gasteiger partial charge on any atom is 0.407 e. The van der Waals surface area contributed by atoms with Crippen LogP contribution in [0.25, 0.3) is 11.3 Å². The molecule has 0 spiro atoms. The number of benzene rings is 4. The molecule has 3 aliphatic heterocycles. The number of aromatic amines is 1. The zero-order chi connectivity index (χ0) is 42.8. The Kier molecular flexibility index (Phi) is 13.4. The average Bonchev–Trinajstić information content (AvgIpc) is 4.13. The molecule has 3 N–H and O–H groups in total. The predicted molar refractivity (Wildman–Crippen MR) is 237 cm³/mol. The molecule has 5 aromatic rings. The van der Waals surface area contributed by atoms with E-state index in [0.717, 1.165) is 79.6 Å². The van der Waals surface area contributed by atoms with E-state index in [2.05, 4.69) is 49.5 Å². The lowest BCUT2D eigenvalue weighted by molar-refractivity contribution is -0.138. The molecule has 8 rings (SSSR count). The van der Waals surface area contributed by atoms with Crippen molar-refractivity contribution in [1.29, 1.82) is 0 Å². The fourth-order valence-electron chi connectivity index (χ4n) is 8.95. The Hall–Kier alpha value is -6.71. The van der Waals surface area contributed by atoms with E-state index in [0.29, 0.717) is 36.6 Å². The molecule has 0 unspecified atom stereocenters. The number of methoxy groups -OCH3 is 1. The molecule has 0 aliphatic carbocycles. The number of hydrogen-bond donors (Lipinski definition) is 3. The Balaban J connectivity index is 0.858. The summed E-state index contributed by atoms with van der Waals surface area (Å²) in [6, 6.07) is 32.9.